The highest BCUT2D eigenvalue weighted by molar-refractivity contribution is 5.80. The summed E-state index contributed by atoms with van der Waals surface area (Å²) in [5.74, 6) is -0.0335. The lowest BCUT2D eigenvalue weighted by atomic mass is 9.96. The largest absolute Gasteiger partial charge is 0.460 e. The summed E-state index contributed by atoms with van der Waals surface area (Å²) in [6.07, 6.45) is 2.72. The van der Waals surface area contributed by atoms with E-state index < -0.39 is 0 Å². The molecule has 0 unspecified atom stereocenters. The minimum absolute atomic E-state index is 0.0335. The molecule has 0 amide bonds. The van der Waals surface area contributed by atoms with Crippen LogP contribution in [-0.2, 0) is 16.0 Å². The second-order valence-electron chi connectivity index (χ2n) is 5.94. The summed E-state index contributed by atoms with van der Waals surface area (Å²) in [6, 6.07) is 10.2. The lowest BCUT2D eigenvalue weighted by molar-refractivity contribution is -0.161. The summed E-state index contributed by atoms with van der Waals surface area (Å²) in [4.78, 5) is 12.1. The van der Waals surface area contributed by atoms with E-state index in [0.717, 1.165) is 19.3 Å². The molecule has 1 aliphatic carbocycles. The number of ether oxygens (including phenoxy) is 1. The predicted molar refractivity (Wildman–Crippen MR) is 67.7 cm³/mol. The lowest BCUT2D eigenvalue weighted by Crippen LogP contribution is -2.30. The van der Waals surface area contributed by atoms with Crippen molar-refractivity contribution >= 4 is 5.97 Å². The molecule has 92 valence electrons. The van der Waals surface area contributed by atoms with Crippen LogP contribution in [0.25, 0.3) is 0 Å². The van der Waals surface area contributed by atoms with Gasteiger partial charge in [-0.15, -0.1) is 0 Å². The molecule has 1 fully saturated rings. The molecule has 17 heavy (non-hydrogen) atoms. The minimum Gasteiger partial charge on any atom is -0.460 e. The first-order chi connectivity index (χ1) is 7.91. The molecule has 0 aromatic heterocycles. The Morgan fingerprint density at radius 1 is 1.24 bits per heavy atom. The molecule has 2 heteroatoms. The molecule has 2 nitrogen and oxygen atoms in total. The zero-order valence-corrected chi connectivity index (χ0v) is 10.8. The van der Waals surface area contributed by atoms with Gasteiger partial charge in [0.2, 0.25) is 0 Å². The second-order valence-corrected chi connectivity index (χ2v) is 5.94. The summed E-state index contributed by atoms with van der Waals surface area (Å²) in [5.41, 5.74) is 0.591. The zero-order chi connectivity index (χ0) is 12.5. The van der Waals surface area contributed by atoms with Gasteiger partial charge in [-0.25, -0.2) is 0 Å². The van der Waals surface area contributed by atoms with Crippen molar-refractivity contribution in [2.24, 2.45) is 5.41 Å². The van der Waals surface area contributed by atoms with Crippen molar-refractivity contribution in [1.29, 1.82) is 0 Å². The van der Waals surface area contributed by atoms with Crippen molar-refractivity contribution < 1.29 is 9.53 Å². The molecule has 1 aromatic carbocycles. The Labute approximate surface area is 103 Å². The van der Waals surface area contributed by atoms with E-state index in [0.29, 0.717) is 0 Å². The van der Waals surface area contributed by atoms with Gasteiger partial charge in [-0.2, -0.15) is 0 Å². The normalized spacial score (nSPS) is 17.6. The molecule has 0 aliphatic heterocycles. The Bertz CT molecular complexity index is 397. The molecular weight excluding hydrogens is 212 g/mol. The maximum Gasteiger partial charge on any atom is 0.312 e. The van der Waals surface area contributed by atoms with Gasteiger partial charge in [-0.1, -0.05) is 30.3 Å². The van der Waals surface area contributed by atoms with Gasteiger partial charge in [0, 0.05) is 0 Å². The highest BCUT2D eigenvalue weighted by atomic mass is 16.6. The lowest BCUT2D eigenvalue weighted by Gasteiger charge is -2.23. The van der Waals surface area contributed by atoms with Crippen LogP contribution in [-0.4, -0.2) is 11.6 Å². The van der Waals surface area contributed by atoms with Crippen molar-refractivity contribution in [3.05, 3.63) is 35.9 Å². The van der Waals surface area contributed by atoms with Gasteiger partial charge in [-0.05, 0) is 45.6 Å². The van der Waals surface area contributed by atoms with E-state index in [-0.39, 0.29) is 17.0 Å². The first kappa shape index (κ1) is 12.2. The minimum atomic E-state index is -0.386. The maximum absolute atomic E-state index is 12.1. The first-order valence-electron chi connectivity index (χ1n) is 6.19. The van der Waals surface area contributed by atoms with Crippen LogP contribution < -0.4 is 0 Å². The number of carbonyl (C=O) groups excluding carboxylic acids is 1. The van der Waals surface area contributed by atoms with Gasteiger partial charge < -0.3 is 4.74 Å². The first-order valence-corrected chi connectivity index (χ1v) is 6.19. The average molecular weight is 232 g/mol. The van der Waals surface area contributed by atoms with E-state index in [1.165, 1.54) is 5.56 Å². The number of hydrogen-bond acceptors (Lipinski definition) is 2. The molecule has 0 N–H and O–H groups in total. The highest BCUT2D eigenvalue weighted by Gasteiger charge is 2.51. The molecule has 0 atom stereocenters. The fraction of sp³-hybridized carbons (Fsp3) is 0.533. The van der Waals surface area contributed by atoms with Crippen LogP contribution in [0.15, 0.2) is 30.3 Å². The van der Waals surface area contributed by atoms with Gasteiger partial charge >= 0.3 is 5.97 Å². The van der Waals surface area contributed by atoms with Crippen LogP contribution >= 0.6 is 0 Å². The predicted octanol–water partition coefficient (Wildman–Crippen LogP) is 3.35. The summed E-state index contributed by atoms with van der Waals surface area (Å²) in [5, 5.41) is 0. The van der Waals surface area contributed by atoms with Gasteiger partial charge in [0.25, 0.3) is 0 Å². The van der Waals surface area contributed by atoms with Gasteiger partial charge in [0.05, 0.1) is 5.41 Å². The van der Waals surface area contributed by atoms with Crippen molar-refractivity contribution in [3.8, 4) is 0 Å². The number of hydrogen-bond donors (Lipinski definition) is 0. The molecule has 1 saturated carbocycles. The Hall–Kier alpha value is -1.31. The summed E-state index contributed by atoms with van der Waals surface area (Å²) >= 11 is 0. The monoisotopic (exact) mass is 232 g/mol. The van der Waals surface area contributed by atoms with E-state index in [4.69, 9.17) is 4.74 Å². The highest BCUT2D eigenvalue weighted by Crippen LogP contribution is 2.50. The SMILES string of the molecule is CC(C)(C)OC(=O)C1(Cc2ccccc2)CC1. The van der Waals surface area contributed by atoms with Crippen LogP contribution in [0.5, 0.6) is 0 Å². The van der Waals surface area contributed by atoms with E-state index in [2.05, 4.69) is 12.1 Å². The number of rotatable bonds is 3. The third-order valence-electron chi connectivity index (χ3n) is 3.07. The van der Waals surface area contributed by atoms with Gasteiger partial charge in [0.1, 0.15) is 5.60 Å². The van der Waals surface area contributed by atoms with Crippen molar-refractivity contribution in [1.82, 2.24) is 0 Å². The average Bonchev–Trinajstić information content (AvgIpc) is 2.98. The quantitative estimate of drug-likeness (QED) is 0.747. The van der Waals surface area contributed by atoms with Crippen molar-refractivity contribution in [2.75, 3.05) is 0 Å². The van der Waals surface area contributed by atoms with Gasteiger partial charge in [0.15, 0.2) is 0 Å². The summed E-state index contributed by atoms with van der Waals surface area (Å²) < 4.78 is 5.50. The molecule has 2 rings (SSSR count). The van der Waals surface area contributed by atoms with Gasteiger partial charge in [-0.3, -0.25) is 4.79 Å². The standard InChI is InChI=1S/C15H20O2/c1-14(2,3)17-13(16)15(9-10-15)11-12-7-5-4-6-8-12/h4-8H,9-11H2,1-3H3. The molecule has 0 saturated heterocycles. The smallest absolute Gasteiger partial charge is 0.312 e. The van der Waals surface area contributed by atoms with E-state index >= 15 is 0 Å². The van der Waals surface area contributed by atoms with E-state index in [1.807, 2.05) is 39.0 Å². The van der Waals surface area contributed by atoms with Crippen molar-refractivity contribution in [2.45, 2.75) is 45.6 Å². The Morgan fingerprint density at radius 2 is 1.82 bits per heavy atom. The molecule has 1 aliphatic rings. The van der Waals surface area contributed by atoms with E-state index in [1.54, 1.807) is 0 Å². The molecule has 0 radical (unpaired) electrons. The number of carbonyl (C=O) groups is 1. The number of benzene rings is 1. The fourth-order valence-electron chi connectivity index (χ4n) is 1.98. The molecular formula is C15H20O2. The molecule has 1 aromatic rings. The summed E-state index contributed by atoms with van der Waals surface area (Å²) in [6.45, 7) is 5.76. The van der Waals surface area contributed by atoms with Crippen LogP contribution in [0.2, 0.25) is 0 Å². The fourth-order valence-corrected chi connectivity index (χ4v) is 1.98. The third kappa shape index (κ3) is 3.09. The summed E-state index contributed by atoms with van der Waals surface area (Å²) in [7, 11) is 0. The molecule has 0 heterocycles. The Morgan fingerprint density at radius 3 is 2.29 bits per heavy atom. The molecule has 0 bridgehead atoms. The maximum atomic E-state index is 12.1. The zero-order valence-electron chi connectivity index (χ0n) is 10.8. The van der Waals surface area contributed by atoms with Crippen molar-refractivity contribution in [3.63, 3.8) is 0 Å². The molecule has 0 spiro atoms. The van der Waals surface area contributed by atoms with Crippen LogP contribution in [0.3, 0.4) is 0 Å². The van der Waals surface area contributed by atoms with Crippen LogP contribution in [0.1, 0.15) is 39.2 Å². The second kappa shape index (κ2) is 4.17. The third-order valence-corrected chi connectivity index (χ3v) is 3.07. The van der Waals surface area contributed by atoms with Crippen LogP contribution in [0, 0.1) is 5.41 Å². The Kier molecular flexibility index (Phi) is 2.98. The number of esters is 1. The Balaban J connectivity index is 2.03. The van der Waals surface area contributed by atoms with E-state index in [9.17, 15) is 4.79 Å². The topological polar surface area (TPSA) is 26.3 Å². The van der Waals surface area contributed by atoms with Crippen LogP contribution in [0.4, 0.5) is 0 Å².